The van der Waals surface area contributed by atoms with Crippen molar-refractivity contribution in [2.45, 2.75) is 25.9 Å². The Morgan fingerprint density at radius 2 is 1.80 bits per heavy atom. The monoisotopic (exact) mass is 357 g/mol. The van der Waals surface area contributed by atoms with Crippen molar-refractivity contribution in [3.05, 3.63) is 35.4 Å². The lowest BCUT2D eigenvalue weighted by Gasteiger charge is -2.29. The van der Waals surface area contributed by atoms with Crippen LogP contribution in [-0.2, 0) is 11.2 Å². The van der Waals surface area contributed by atoms with Gasteiger partial charge < -0.3 is 10.2 Å². The second-order valence-electron chi connectivity index (χ2n) is 6.51. The Morgan fingerprint density at radius 3 is 2.40 bits per heavy atom. The van der Waals surface area contributed by atoms with Crippen LogP contribution in [-0.4, -0.2) is 67.7 Å². The SMILES string of the molecule is Cc1ccc(CCN(CCC(=O)N2CCNCC2)CC(F)(F)F)cc1. The molecule has 1 heterocycles. The molecule has 2 rings (SSSR count). The number of nitrogens with one attached hydrogen (secondary N) is 1. The van der Waals surface area contributed by atoms with E-state index in [1.54, 1.807) is 4.90 Å². The number of carbonyl (C=O) groups excluding carboxylic acids is 1. The normalized spacial score (nSPS) is 15.6. The van der Waals surface area contributed by atoms with Crippen LogP contribution in [0.4, 0.5) is 13.2 Å². The highest BCUT2D eigenvalue weighted by Crippen LogP contribution is 2.17. The largest absolute Gasteiger partial charge is 0.401 e. The van der Waals surface area contributed by atoms with Crippen molar-refractivity contribution in [2.24, 2.45) is 0 Å². The minimum Gasteiger partial charge on any atom is -0.340 e. The zero-order chi connectivity index (χ0) is 18.3. The third kappa shape index (κ3) is 7.44. The van der Waals surface area contributed by atoms with Gasteiger partial charge in [0.05, 0.1) is 6.54 Å². The van der Waals surface area contributed by atoms with Crippen molar-refractivity contribution in [1.82, 2.24) is 15.1 Å². The second-order valence-corrected chi connectivity index (χ2v) is 6.51. The van der Waals surface area contributed by atoms with Gasteiger partial charge in [0.15, 0.2) is 0 Å². The van der Waals surface area contributed by atoms with E-state index in [0.717, 1.165) is 24.2 Å². The summed E-state index contributed by atoms with van der Waals surface area (Å²) in [4.78, 5) is 15.2. The van der Waals surface area contributed by atoms with E-state index in [1.807, 2.05) is 31.2 Å². The summed E-state index contributed by atoms with van der Waals surface area (Å²) in [6, 6.07) is 7.79. The molecule has 1 amide bonds. The molecule has 1 aliphatic heterocycles. The van der Waals surface area contributed by atoms with Gasteiger partial charge in [0.1, 0.15) is 0 Å². The van der Waals surface area contributed by atoms with Gasteiger partial charge in [-0.15, -0.1) is 0 Å². The number of nitrogens with zero attached hydrogens (tertiary/aromatic N) is 2. The standard InChI is InChI=1S/C18H26F3N3O/c1-15-2-4-16(5-3-15)6-10-23(14-18(19,20)21)11-7-17(25)24-12-8-22-9-13-24/h2-5,22H,6-14H2,1H3. The van der Waals surface area contributed by atoms with E-state index in [4.69, 9.17) is 0 Å². The van der Waals surface area contributed by atoms with Crippen LogP contribution in [0.25, 0.3) is 0 Å². The third-order valence-electron chi connectivity index (χ3n) is 4.35. The van der Waals surface area contributed by atoms with Crippen molar-refractivity contribution in [3.63, 3.8) is 0 Å². The highest BCUT2D eigenvalue weighted by atomic mass is 19.4. The lowest BCUT2D eigenvalue weighted by atomic mass is 10.1. The number of rotatable bonds is 7. The molecule has 0 aromatic heterocycles. The second kappa shape index (κ2) is 9.20. The Labute approximate surface area is 147 Å². The van der Waals surface area contributed by atoms with E-state index < -0.39 is 12.7 Å². The molecule has 1 N–H and O–H groups in total. The summed E-state index contributed by atoms with van der Waals surface area (Å²) in [5.74, 6) is -0.0657. The number of amides is 1. The van der Waals surface area contributed by atoms with Crippen LogP contribution >= 0.6 is 0 Å². The molecule has 7 heteroatoms. The summed E-state index contributed by atoms with van der Waals surface area (Å²) in [5, 5.41) is 3.15. The molecule has 0 atom stereocenters. The Morgan fingerprint density at radius 1 is 1.16 bits per heavy atom. The van der Waals surface area contributed by atoms with Gasteiger partial charge in [-0.2, -0.15) is 13.2 Å². The summed E-state index contributed by atoms with van der Waals surface area (Å²) in [6.45, 7) is 4.15. The Kier molecular flexibility index (Phi) is 7.25. The van der Waals surface area contributed by atoms with Gasteiger partial charge in [-0.1, -0.05) is 29.8 Å². The summed E-state index contributed by atoms with van der Waals surface area (Å²) in [7, 11) is 0. The average Bonchev–Trinajstić information content (AvgIpc) is 2.58. The lowest BCUT2D eigenvalue weighted by molar-refractivity contribution is -0.148. The molecule has 1 aliphatic rings. The van der Waals surface area contributed by atoms with E-state index >= 15 is 0 Å². The maximum Gasteiger partial charge on any atom is 0.401 e. The minimum atomic E-state index is -4.26. The van der Waals surface area contributed by atoms with Crippen molar-refractivity contribution < 1.29 is 18.0 Å². The van der Waals surface area contributed by atoms with Crippen LogP contribution in [0, 0.1) is 6.92 Å². The van der Waals surface area contributed by atoms with Crippen molar-refractivity contribution in [1.29, 1.82) is 0 Å². The van der Waals surface area contributed by atoms with Crippen LogP contribution in [0.1, 0.15) is 17.5 Å². The predicted molar refractivity (Wildman–Crippen MR) is 91.4 cm³/mol. The van der Waals surface area contributed by atoms with Gasteiger partial charge >= 0.3 is 6.18 Å². The number of alkyl halides is 3. The number of benzene rings is 1. The van der Waals surface area contributed by atoms with E-state index in [0.29, 0.717) is 19.5 Å². The number of carbonyl (C=O) groups is 1. The number of aryl methyl sites for hydroxylation is 1. The summed E-state index contributed by atoms with van der Waals surface area (Å²) >= 11 is 0. The number of hydrogen-bond acceptors (Lipinski definition) is 3. The van der Waals surface area contributed by atoms with E-state index in [9.17, 15) is 18.0 Å². The zero-order valence-electron chi connectivity index (χ0n) is 14.6. The molecular weight excluding hydrogens is 331 g/mol. The molecule has 1 fully saturated rings. The molecule has 1 aromatic rings. The molecule has 0 radical (unpaired) electrons. The molecule has 0 aliphatic carbocycles. The van der Waals surface area contributed by atoms with Crippen molar-refractivity contribution in [2.75, 3.05) is 45.8 Å². The van der Waals surface area contributed by atoms with Crippen LogP contribution in [0.5, 0.6) is 0 Å². The summed E-state index contributed by atoms with van der Waals surface area (Å²) < 4.78 is 38.5. The Balaban J connectivity index is 1.86. The fraction of sp³-hybridized carbons (Fsp3) is 0.611. The lowest BCUT2D eigenvalue weighted by Crippen LogP contribution is -2.47. The number of hydrogen-bond donors (Lipinski definition) is 1. The first-order valence-corrected chi connectivity index (χ1v) is 8.66. The fourth-order valence-corrected chi connectivity index (χ4v) is 2.89. The molecular formula is C18H26F3N3O. The van der Waals surface area contributed by atoms with Gasteiger partial charge in [0.2, 0.25) is 5.91 Å². The molecule has 25 heavy (non-hydrogen) atoms. The fourth-order valence-electron chi connectivity index (χ4n) is 2.89. The molecule has 4 nitrogen and oxygen atoms in total. The first kappa shape index (κ1) is 19.7. The highest BCUT2D eigenvalue weighted by molar-refractivity contribution is 5.76. The van der Waals surface area contributed by atoms with E-state index in [-0.39, 0.29) is 25.4 Å². The maximum absolute atomic E-state index is 12.8. The molecule has 1 aromatic carbocycles. The smallest absolute Gasteiger partial charge is 0.340 e. The number of halogens is 3. The predicted octanol–water partition coefficient (Wildman–Crippen LogP) is 2.22. The molecule has 0 saturated carbocycles. The first-order chi connectivity index (χ1) is 11.8. The number of piperazine rings is 1. The Bertz CT molecular complexity index is 539. The quantitative estimate of drug-likeness (QED) is 0.813. The topological polar surface area (TPSA) is 35.6 Å². The van der Waals surface area contributed by atoms with Crippen molar-refractivity contribution in [3.8, 4) is 0 Å². The molecule has 0 bridgehead atoms. The van der Waals surface area contributed by atoms with E-state index in [2.05, 4.69) is 5.32 Å². The summed E-state index contributed by atoms with van der Waals surface area (Å²) in [6.07, 6.45) is -3.59. The van der Waals surface area contributed by atoms with Crippen LogP contribution in [0.15, 0.2) is 24.3 Å². The third-order valence-corrected chi connectivity index (χ3v) is 4.35. The van der Waals surface area contributed by atoms with Gasteiger partial charge in [-0.25, -0.2) is 0 Å². The summed E-state index contributed by atoms with van der Waals surface area (Å²) in [5.41, 5.74) is 2.13. The molecule has 0 spiro atoms. The maximum atomic E-state index is 12.8. The van der Waals surface area contributed by atoms with Crippen LogP contribution in [0.3, 0.4) is 0 Å². The minimum absolute atomic E-state index is 0.0657. The van der Waals surface area contributed by atoms with Crippen LogP contribution in [0.2, 0.25) is 0 Å². The van der Waals surface area contributed by atoms with Gasteiger partial charge in [-0.05, 0) is 18.9 Å². The zero-order valence-corrected chi connectivity index (χ0v) is 14.6. The van der Waals surface area contributed by atoms with Crippen LogP contribution < -0.4 is 5.32 Å². The first-order valence-electron chi connectivity index (χ1n) is 8.66. The van der Waals surface area contributed by atoms with Crippen molar-refractivity contribution >= 4 is 5.91 Å². The van der Waals surface area contributed by atoms with Gasteiger partial charge in [0, 0.05) is 45.7 Å². The molecule has 0 unspecified atom stereocenters. The van der Waals surface area contributed by atoms with Gasteiger partial charge in [0.25, 0.3) is 0 Å². The van der Waals surface area contributed by atoms with Gasteiger partial charge in [-0.3, -0.25) is 9.69 Å². The Hall–Kier alpha value is -1.60. The molecule has 140 valence electrons. The average molecular weight is 357 g/mol. The van der Waals surface area contributed by atoms with E-state index in [1.165, 1.54) is 4.90 Å². The highest BCUT2D eigenvalue weighted by Gasteiger charge is 2.31. The molecule has 1 saturated heterocycles.